The second kappa shape index (κ2) is 11.3. The fourth-order valence-corrected chi connectivity index (χ4v) is 3.40. The fourth-order valence-electron chi connectivity index (χ4n) is 3.40. The molecule has 1 aromatic heterocycles. The van der Waals surface area contributed by atoms with Gasteiger partial charge in [-0.2, -0.15) is 5.10 Å². The van der Waals surface area contributed by atoms with Crippen LogP contribution in [0.3, 0.4) is 0 Å². The van der Waals surface area contributed by atoms with Crippen molar-refractivity contribution < 1.29 is 9.84 Å². The van der Waals surface area contributed by atoms with E-state index in [0.29, 0.717) is 19.0 Å². The number of hydrogen-bond acceptors (Lipinski definition) is 4. The second-order valence-electron chi connectivity index (χ2n) is 7.83. The highest BCUT2D eigenvalue weighted by Gasteiger charge is 2.10. The molecule has 2 aromatic carbocycles. The van der Waals surface area contributed by atoms with Gasteiger partial charge in [-0.25, -0.2) is 9.67 Å². The van der Waals surface area contributed by atoms with Gasteiger partial charge in [-0.1, -0.05) is 30.3 Å². The summed E-state index contributed by atoms with van der Waals surface area (Å²) in [5, 5.41) is 21.4. The van der Waals surface area contributed by atoms with Crippen molar-refractivity contribution in [3.05, 3.63) is 77.1 Å². The number of aromatic nitrogens is 2. The van der Waals surface area contributed by atoms with E-state index in [1.54, 1.807) is 0 Å². The summed E-state index contributed by atoms with van der Waals surface area (Å²) >= 11 is 0. The first-order chi connectivity index (χ1) is 15.5. The SMILES string of the molecule is CCNC(=NCc1ccccc1-n1nc(C)cc1C)NCC(O)COc1cccc(C)c1. The van der Waals surface area contributed by atoms with E-state index in [1.807, 2.05) is 68.8 Å². The molecule has 0 fully saturated rings. The second-order valence-corrected chi connectivity index (χ2v) is 7.83. The lowest BCUT2D eigenvalue weighted by Crippen LogP contribution is -2.42. The predicted octanol–water partition coefficient (Wildman–Crippen LogP) is 3.29. The number of benzene rings is 2. The summed E-state index contributed by atoms with van der Waals surface area (Å²) in [5.41, 5.74) is 5.28. The number of aliphatic imine (C=N–C) groups is 1. The third kappa shape index (κ3) is 6.59. The number of rotatable bonds is 9. The zero-order valence-corrected chi connectivity index (χ0v) is 19.3. The number of nitrogens with zero attached hydrogens (tertiary/aromatic N) is 3. The fraction of sp³-hybridized carbons (Fsp3) is 0.360. The summed E-state index contributed by atoms with van der Waals surface area (Å²) in [6.45, 7) is 9.81. The molecule has 0 aliphatic carbocycles. The number of aliphatic hydroxyl groups excluding tert-OH is 1. The third-order valence-electron chi connectivity index (χ3n) is 4.92. The van der Waals surface area contributed by atoms with Gasteiger partial charge in [0.05, 0.1) is 17.9 Å². The predicted molar refractivity (Wildman–Crippen MR) is 129 cm³/mol. The average Bonchev–Trinajstić information content (AvgIpc) is 3.12. The van der Waals surface area contributed by atoms with Crippen LogP contribution in [0.2, 0.25) is 0 Å². The molecule has 0 bridgehead atoms. The van der Waals surface area contributed by atoms with Crippen LogP contribution in [0.1, 0.15) is 29.4 Å². The van der Waals surface area contributed by atoms with E-state index in [-0.39, 0.29) is 6.61 Å². The quantitative estimate of drug-likeness (QED) is 0.355. The van der Waals surface area contributed by atoms with E-state index in [2.05, 4.69) is 33.9 Å². The normalized spacial score (nSPS) is 12.5. The average molecular weight is 436 g/mol. The molecule has 3 rings (SSSR count). The number of hydrogen-bond donors (Lipinski definition) is 3. The van der Waals surface area contributed by atoms with E-state index in [4.69, 9.17) is 9.73 Å². The number of aryl methyl sites for hydroxylation is 3. The molecule has 0 saturated heterocycles. The van der Waals surface area contributed by atoms with Crippen molar-refractivity contribution in [1.29, 1.82) is 0 Å². The largest absolute Gasteiger partial charge is 0.491 e. The molecule has 0 radical (unpaired) electrons. The van der Waals surface area contributed by atoms with Crippen LogP contribution >= 0.6 is 0 Å². The Morgan fingerprint density at radius 2 is 1.91 bits per heavy atom. The minimum absolute atomic E-state index is 0.205. The monoisotopic (exact) mass is 435 g/mol. The zero-order chi connectivity index (χ0) is 22.9. The first-order valence-electron chi connectivity index (χ1n) is 11.0. The topological polar surface area (TPSA) is 83.7 Å². The summed E-state index contributed by atoms with van der Waals surface area (Å²) < 4.78 is 7.64. The van der Waals surface area contributed by atoms with Gasteiger partial charge in [-0.15, -0.1) is 0 Å². The lowest BCUT2D eigenvalue weighted by Gasteiger charge is -2.16. The van der Waals surface area contributed by atoms with Crippen LogP contribution in [0.5, 0.6) is 5.75 Å². The Balaban J connectivity index is 1.61. The van der Waals surface area contributed by atoms with Crippen molar-refractivity contribution in [3.8, 4) is 11.4 Å². The molecule has 0 aliphatic heterocycles. The van der Waals surface area contributed by atoms with Crippen molar-refractivity contribution in [1.82, 2.24) is 20.4 Å². The van der Waals surface area contributed by atoms with Gasteiger partial charge in [-0.3, -0.25) is 0 Å². The highest BCUT2D eigenvalue weighted by Crippen LogP contribution is 2.18. The summed E-state index contributed by atoms with van der Waals surface area (Å²) in [6.07, 6.45) is -0.665. The first-order valence-corrected chi connectivity index (χ1v) is 11.0. The van der Waals surface area contributed by atoms with Crippen molar-refractivity contribution in [2.24, 2.45) is 4.99 Å². The lowest BCUT2D eigenvalue weighted by atomic mass is 10.2. The van der Waals surface area contributed by atoms with Crippen LogP contribution in [0.4, 0.5) is 0 Å². The lowest BCUT2D eigenvalue weighted by molar-refractivity contribution is 0.110. The molecule has 1 atom stereocenters. The van der Waals surface area contributed by atoms with Crippen LogP contribution in [-0.2, 0) is 6.54 Å². The molecule has 1 unspecified atom stereocenters. The van der Waals surface area contributed by atoms with Crippen LogP contribution < -0.4 is 15.4 Å². The van der Waals surface area contributed by atoms with E-state index in [9.17, 15) is 5.11 Å². The molecule has 7 heteroatoms. The molecular weight excluding hydrogens is 402 g/mol. The van der Waals surface area contributed by atoms with Gasteiger partial charge in [0.25, 0.3) is 0 Å². The van der Waals surface area contributed by atoms with Gasteiger partial charge in [-0.05, 0) is 63.1 Å². The maximum absolute atomic E-state index is 10.3. The molecule has 0 saturated carbocycles. The Bertz CT molecular complexity index is 1040. The first kappa shape index (κ1) is 23.3. The molecule has 0 aliphatic rings. The smallest absolute Gasteiger partial charge is 0.191 e. The highest BCUT2D eigenvalue weighted by atomic mass is 16.5. The molecule has 0 amide bonds. The number of ether oxygens (including phenoxy) is 1. The molecule has 0 spiro atoms. The van der Waals surface area contributed by atoms with Gasteiger partial charge in [0, 0.05) is 18.8 Å². The van der Waals surface area contributed by atoms with E-state index >= 15 is 0 Å². The van der Waals surface area contributed by atoms with Gasteiger partial charge in [0.2, 0.25) is 0 Å². The van der Waals surface area contributed by atoms with Gasteiger partial charge < -0.3 is 20.5 Å². The summed E-state index contributed by atoms with van der Waals surface area (Å²) in [6, 6.07) is 18.0. The zero-order valence-electron chi connectivity index (χ0n) is 19.3. The number of nitrogens with one attached hydrogen (secondary N) is 2. The molecular formula is C25H33N5O2. The van der Waals surface area contributed by atoms with Crippen molar-refractivity contribution in [2.45, 2.75) is 40.3 Å². The Kier molecular flexibility index (Phi) is 8.27. The standard InChI is InChI=1S/C25H33N5O2/c1-5-26-25(28-16-22(31)17-32-23-11-8-9-18(2)13-23)27-15-21-10-6-7-12-24(21)30-20(4)14-19(3)29-30/h6-14,22,31H,5,15-17H2,1-4H3,(H2,26,27,28). The van der Waals surface area contributed by atoms with Crippen molar-refractivity contribution in [2.75, 3.05) is 19.7 Å². The number of aliphatic hydroxyl groups is 1. The minimum atomic E-state index is -0.665. The maximum atomic E-state index is 10.3. The van der Waals surface area contributed by atoms with Gasteiger partial charge >= 0.3 is 0 Å². The van der Waals surface area contributed by atoms with Crippen LogP contribution in [0, 0.1) is 20.8 Å². The van der Waals surface area contributed by atoms with Crippen molar-refractivity contribution >= 4 is 5.96 Å². The van der Waals surface area contributed by atoms with Crippen LogP contribution in [0.25, 0.3) is 5.69 Å². The van der Waals surface area contributed by atoms with Gasteiger partial charge in [0.1, 0.15) is 18.5 Å². The number of guanidine groups is 1. The molecule has 32 heavy (non-hydrogen) atoms. The Morgan fingerprint density at radius 3 is 2.62 bits per heavy atom. The van der Waals surface area contributed by atoms with Gasteiger partial charge in [0.15, 0.2) is 5.96 Å². The Labute approximate surface area is 190 Å². The van der Waals surface area contributed by atoms with Crippen LogP contribution in [-0.4, -0.2) is 46.6 Å². The third-order valence-corrected chi connectivity index (χ3v) is 4.92. The molecule has 3 aromatic rings. The molecule has 7 nitrogen and oxygen atoms in total. The molecule has 3 N–H and O–H groups in total. The maximum Gasteiger partial charge on any atom is 0.191 e. The summed E-state index contributed by atoms with van der Waals surface area (Å²) in [5.74, 6) is 1.40. The Hall–Kier alpha value is -3.32. The van der Waals surface area contributed by atoms with E-state index in [1.165, 1.54) is 0 Å². The van der Waals surface area contributed by atoms with Crippen LogP contribution in [0.15, 0.2) is 59.6 Å². The van der Waals surface area contributed by atoms with E-state index < -0.39 is 6.10 Å². The van der Waals surface area contributed by atoms with Crippen molar-refractivity contribution in [3.63, 3.8) is 0 Å². The highest BCUT2D eigenvalue weighted by molar-refractivity contribution is 5.79. The molecule has 1 heterocycles. The number of para-hydroxylation sites is 1. The van der Waals surface area contributed by atoms with E-state index in [0.717, 1.165) is 40.5 Å². The molecule has 170 valence electrons. The minimum Gasteiger partial charge on any atom is -0.491 e. The summed E-state index contributed by atoms with van der Waals surface area (Å²) in [7, 11) is 0. The Morgan fingerprint density at radius 1 is 1.09 bits per heavy atom. The summed E-state index contributed by atoms with van der Waals surface area (Å²) in [4.78, 5) is 4.71.